The van der Waals surface area contributed by atoms with Crippen LogP contribution in [0.5, 0.6) is 0 Å². The van der Waals surface area contributed by atoms with Crippen molar-refractivity contribution in [3.63, 3.8) is 0 Å². The van der Waals surface area contributed by atoms with Gasteiger partial charge in [0.05, 0.1) is 0 Å². The molecule has 5 nitrogen and oxygen atoms in total. The molecule has 0 aliphatic rings. The lowest BCUT2D eigenvalue weighted by Crippen LogP contribution is -2.19. The summed E-state index contributed by atoms with van der Waals surface area (Å²) in [5.41, 5.74) is 0.785. The highest BCUT2D eigenvalue weighted by Gasteiger charge is 2.09. The van der Waals surface area contributed by atoms with Crippen molar-refractivity contribution in [1.29, 1.82) is 0 Å². The van der Waals surface area contributed by atoms with E-state index in [0.717, 1.165) is 23.0 Å². The first kappa shape index (κ1) is 11.2. The number of nitrogens with one attached hydrogen (secondary N) is 1. The molecule has 0 bridgehead atoms. The molecule has 1 N–H and O–H groups in total. The van der Waals surface area contributed by atoms with E-state index in [1.165, 1.54) is 0 Å². The van der Waals surface area contributed by atoms with Crippen LogP contribution in [0.4, 0.5) is 5.82 Å². The highest BCUT2D eigenvalue weighted by Crippen LogP contribution is 2.13. The summed E-state index contributed by atoms with van der Waals surface area (Å²) in [6.45, 7) is 4.06. The van der Waals surface area contributed by atoms with Crippen molar-refractivity contribution >= 4 is 23.2 Å². The summed E-state index contributed by atoms with van der Waals surface area (Å²) in [4.78, 5) is 4.30. The minimum Gasteiger partial charge on any atom is -0.364 e. The van der Waals surface area contributed by atoms with E-state index in [1.54, 1.807) is 18.0 Å². The van der Waals surface area contributed by atoms with E-state index < -0.39 is 0 Å². The normalized spacial score (nSPS) is 12.9. The first-order valence-corrected chi connectivity index (χ1v) is 6.53. The topological polar surface area (TPSA) is 55.1 Å². The lowest BCUT2D eigenvalue weighted by atomic mass is 10.4. The van der Waals surface area contributed by atoms with E-state index in [1.807, 2.05) is 17.5 Å². The summed E-state index contributed by atoms with van der Waals surface area (Å²) < 4.78 is 1.93. The van der Waals surface area contributed by atoms with Gasteiger partial charge in [0.25, 0.3) is 0 Å². The molecule has 2 aromatic rings. The molecule has 0 aromatic carbocycles. The third kappa shape index (κ3) is 2.11. The fourth-order valence-corrected chi connectivity index (χ4v) is 2.15. The van der Waals surface area contributed by atoms with Gasteiger partial charge < -0.3 is 5.32 Å². The molecule has 2 rings (SSSR count). The Bertz CT molecular complexity index is 481. The molecule has 0 amide bonds. The van der Waals surface area contributed by atoms with Crippen molar-refractivity contribution in [1.82, 2.24) is 19.6 Å². The number of anilines is 1. The molecule has 2 heterocycles. The van der Waals surface area contributed by atoms with Gasteiger partial charge in [0.2, 0.25) is 5.65 Å². The smallest absolute Gasteiger partial charge is 0.203 e. The molecule has 1 atom stereocenters. The number of aromatic nitrogens is 4. The number of rotatable bonds is 4. The Morgan fingerprint density at radius 3 is 3.06 bits per heavy atom. The predicted molar refractivity (Wildman–Crippen MR) is 67.0 cm³/mol. The highest BCUT2D eigenvalue weighted by atomic mass is 32.2. The van der Waals surface area contributed by atoms with Gasteiger partial charge in [0.1, 0.15) is 5.82 Å². The van der Waals surface area contributed by atoms with Crippen molar-refractivity contribution in [3.8, 4) is 0 Å². The minimum atomic E-state index is 0.366. The standard InChI is InChI=1S/C10H15N5S/c1-7(6-16-3)12-9-10-14-13-8(2)15(10)5-4-11-9/h4-5,7H,6H2,1-3H3,(H,11,12). The van der Waals surface area contributed by atoms with Crippen LogP contribution in [0, 0.1) is 6.92 Å². The summed E-state index contributed by atoms with van der Waals surface area (Å²) in [5.74, 6) is 2.71. The van der Waals surface area contributed by atoms with Crippen LogP contribution in [0.1, 0.15) is 12.7 Å². The number of hydrogen-bond donors (Lipinski definition) is 1. The lowest BCUT2D eigenvalue weighted by Gasteiger charge is -2.13. The third-order valence-electron chi connectivity index (χ3n) is 2.30. The second-order valence-electron chi connectivity index (χ2n) is 3.72. The van der Waals surface area contributed by atoms with Crippen LogP contribution in [0.15, 0.2) is 12.4 Å². The summed E-state index contributed by atoms with van der Waals surface area (Å²) in [7, 11) is 0. The molecule has 0 saturated heterocycles. The molecule has 0 aliphatic heterocycles. The molecule has 0 saturated carbocycles. The summed E-state index contributed by atoms with van der Waals surface area (Å²) in [6.07, 6.45) is 5.72. The van der Waals surface area contributed by atoms with Gasteiger partial charge in [0, 0.05) is 24.2 Å². The van der Waals surface area contributed by atoms with Crippen LogP contribution in [0.25, 0.3) is 5.65 Å². The van der Waals surface area contributed by atoms with E-state index in [2.05, 4.69) is 33.7 Å². The zero-order chi connectivity index (χ0) is 11.5. The van der Waals surface area contributed by atoms with Gasteiger partial charge >= 0.3 is 0 Å². The molecular formula is C10H15N5S. The summed E-state index contributed by atoms with van der Waals surface area (Å²) in [6, 6.07) is 0.366. The largest absolute Gasteiger partial charge is 0.364 e. The Balaban J connectivity index is 2.30. The predicted octanol–water partition coefficient (Wildman–Crippen LogP) is 1.60. The van der Waals surface area contributed by atoms with Gasteiger partial charge in [-0.1, -0.05) is 0 Å². The van der Waals surface area contributed by atoms with Gasteiger partial charge in [-0.25, -0.2) is 4.98 Å². The molecule has 0 aliphatic carbocycles. The molecule has 2 aromatic heterocycles. The Morgan fingerprint density at radius 1 is 1.50 bits per heavy atom. The van der Waals surface area contributed by atoms with E-state index in [9.17, 15) is 0 Å². The van der Waals surface area contributed by atoms with Gasteiger partial charge in [0.15, 0.2) is 5.82 Å². The third-order valence-corrected chi connectivity index (χ3v) is 3.13. The number of nitrogens with zero attached hydrogens (tertiary/aromatic N) is 4. The molecule has 0 spiro atoms. The highest BCUT2D eigenvalue weighted by molar-refractivity contribution is 7.98. The average molecular weight is 237 g/mol. The quantitative estimate of drug-likeness (QED) is 0.875. The van der Waals surface area contributed by atoms with Crippen molar-refractivity contribution in [2.45, 2.75) is 19.9 Å². The van der Waals surface area contributed by atoms with E-state index >= 15 is 0 Å². The molecule has 6 heteroatoms. The summed E-state index contributed by atoms with van der Waals surface area (Å²) >= 11 is 1.81. The van der Waals surface area contributed by atoms with Gasteiger partial charge in [-0.3, -0.25) is 4.40 Å². The molecule has 86 valence electrons. The van der Waals surface area contributed by atoms with Gasteiger partial charge in [-0.05, 0) is 20.1 Å². The molecule has 16 heavy (non-hydrogen) atoms. The first-order valence-electron chi connectivity index (χ1n) is 5.14. The number of fused-ring (bicyclic) bond motifs is 1. The van der Waals surface area contributed by atoms with Crippen molar-refractivity contribution < 1.29 is 0 Å². The van der Waals surface area contributed by atoms with Gasteiger partial charge in [-0.15, -0.1) is 10.2 Å². The summed E-state index contributed by atoms with van der Waals surface area (Å²) in [5, 5.41) is 11.5. The maximum absolute atomic E-state index is 4.30. The van der Waals surface area contributed by atoms with E-state index in [0.29, 0.717) is 6.04 Å². The van der Waals surface area contributed by atoms with Crippen molar-refractivity contribution in [2.75, 3.05) is 17.3 Å². The molecule has 0 radical (unpaired) electrons. The van der Waals surface area contributed by atoms with Gasteiger partial charge in [-0.2, -0.15) is 11.8 Å². The minimum absolute atomic E-state index is 0.366. The molecule has 1 unspecified atom stereocenters. The van der Waals surface area contributed by atoms with Crippen LogP contribution in [0.3, 0.4) is 0 Å². The Kier molecular flexibility index (Phi) is 3.28. The second kappa shape index (κ2) is 4.69. The Hall–Kier alpha value is -1.30. The zero-order valence-corrected chi connectivity index (χ0v) is 10.5. The second-order valence-corrected chi connectivity index (χ2v) is 4.63. The average Bonchev–Trinajstić information content (AvgIpc) is 2.62. The van der Waals surface area contributed by atoms with Crippen LogP contribution >= 0.6 is 11.8 Å². The van der Waals surface area contributed by atoms with Crippen LogP contribution in [-0.4, -0.2) is 37.6 Å². The number of aryl methyl sites for hydroxylation is 1. The first-order chi connectivity index (χ1) is 7.72. The Morgan fingerprint density at radius 2 is 2.31 bits per heavy atom. The molecular weight excluding hydrogens is 222 g/mol. The fourth-order valence-electron chi connectivity index (χ4n) is 1.57. The van der Waals surface area contributed by atoms with Crippen LogP contribution in [0.2, 0.25) is 0 Å². The lowest BCUT2D eigenvalue weighted by molar-refractivity contribution is 0.899. The van der Waals surface area contributed by atoms with Crippen LogP contribution in [-0.2, 0) is 0 Å². The van der Waals surface area contributed by atoms with E-state index in [-0.39, 0.29) is 0 Å². The van der Waals surface area contributed by atoms with E-state index in [4.69, 9.17) is 0 Å². The number of thioether (sulfide) groups is 1. The maximum atomic E-state index is 4.30. The van der Waals surface area contributed by atoms with Crippen molar-refractivity contribution in [3.05, 3.63) is 18.2 Å². The monoisotopic (exact) mass is 237 g/mol. The zero-order valence-electron chi connectivity index (χ0n) is 9.64. The number of hydrogen-bond acceptors (Lipinski definition) is 5. The maximum Gasteiger partial charge on any atom is 0.203 e. The fraction of sp³-hybridized carbons (Fsp3) is 0.500. The molecule has 0 fully saturated rings. The van der Waals surface area contributed by atoms with Crippen molar-refractivity contribution in [2.24, 2.45) is 0 Å². The SMILES string of the molecule is CSCC(C)Nc1nccn2c(C)nnc12. The van der Waals surface area contributed by atoms with Crippen LogP contribution < -0.4 is 5.32 Å². The Labute approximate surface area is 98.7 Å².